The number of nitrogens with two attached hydrogens (primary N) is 1. The number of benzene rings is 2. The van der Waals surface area contributed by atoms with Crippen LogP contribution in [0.2, 0.25) is 5.02 Å². The number of nitrogens with zero attached hydrogens (tertiary/aromatic N) is 5. The monoisotopic (exact) mass is 676 g/mol. The van der Waals surface area contributed by atoms with Crippen molar-refractivity contribution < 1.29 is 31.9 Å². The fraction of sp³-hybridized carbons (Fsp3) is 0.387. The van der Waals surface area contributed by atoms with Crippen molar-refractivity contribution in [2.24, 2.45) is 16.8 Å². The van der Waals surface area contributed by atoms with Gasteiger partial charge in [-0.1, -0.05) is 17.7 Å². The van der Waals surface area contributed by atoms with E-state index in [1.807, 2.05) is 16.0 Å². The third-order valence-electron chi connectivity index (χ3n) is 8.65. The van der Waals surface area contributed by atoms with Crippen molar-refractivity contribution in [1.82, 2.24) is 14.8 Å². The van der Waals surface area contributed by atoms with Gasteiger partial charge < -0.3 is 26.0 Å². The molecule has 4 aliphatic heterocycles. The van der Waals surface area contributed by atoms with Crippen molar-refractivity contribution >= 4 is 46.9 Å². The number of allylic oxidation sites excluding steroid dienone is 1. The van der Waals surface area contributed by atoms with E-state index in [0.717, 1.165) is 25.9 Å². The lowest BCUT2D eigenvalue weighted by Gasteiger charge is -2.39. The predicted molar refractivity (Wildman–Crippen MR) is 169 cm³/mol. The Hall–Kier alpha value is -4.34. The van der Waals surface area contributed by atoms with Gasteiger partial charge in [0.05, 0.1) is 53.4 Å². The van der Waals surface area contributed by atoms with E-state index in [1.165, 1.54) is 12.1 Å². The first-order valence-electron chi connectivity index (χ1n) is 15.1. The summed E-state index contributed by atoms with van der Waals surface area (Å²) in [4.78, 5) is 31.0. The zero-order chi connectivity index (χ0) is 33.3. The maximum absolute atomic E-state index is 14.1. The van der Waals surface area contributed by atoms with Gasteiger partial charge in [0.2, 0.25) is 5.91 Å². The van der Waals surface area contributed by atoms with Gasteiger partial charge in [-0.05, 0) is 61.2 Å². The molecular weight excluding hydrogens is 644 g/mol. The fourth-order valence-electron chi connectivity index (χ4n) is 6.08. The standard InChI is InChI=1S/C31H33ClF4N8O3/c32-22-16-21(2-4-24(22)39-30(46)40-25-15-20(31(34,35)36)1-3-23(25)33)43-18-38-44-26(5-6-27(44)29(43)37)19-7-9-42(10-8-19)28(45)17-41-11-13-47-14-12-41/h1-6,15-16,18-19,26H,7-14,17,37H2,(H2,39,40,46). The molecule has 0 aromatic heterocycles. The molecule has 0 spiro atoms. The molecule has 0 bridgehead atoms. The Labute approximate surface area is 273 Å². The molecule has 1 unspecified atom stereocenters. The number of alkyl halides is 3. The molecule has 47 heavy (non-hydrogen) atoms. The van der Waals surface area contributed by atoms with Crippen LogP contribution in [0.1, 0.15) is 18.4 Å². The van der Waals surface area contributed by atoms with Crippen LogP contribution < -0.4 is 21.3 Å². The number of likely N-dealkylation sites (tertiary alicyclic amines) is 1. The van der Waals surface area contributed by atoms with Crippen LogP contribution in [0, 0.1) is 11.7 Å². The number of hydrazone groups is 1. The first kappa shape index (κ1) is 32.6. The second kappa shape index (κ2) is 13.4. The summed E-state index contributed by atoms with van der Waals surface area (Å²) in [5.41, 5.74) is 6.22. The van der Waals surface area contributed by atoms with Crippen LogP contribution >= 0.6 is 11.6 Å². The topological polar surface area (TPSA) is 119 Å². The molecule has 0 saturated carbocycles. The van der Waals surface area contributed by atoms with Gasteiger partial charge >= 0.3 is 12.2 Å². The van der Waals surface area contributed by atoms with Gasteiger partial charge in [-0.2, -0.15) is 18.3 Å². The molecule has 4 N–H and O–H groups in total. The van der Waals surface area contributed by atoms with Gasteiger partial charge in [-0.3, -0.25) is 19.6 Å². The number of rotatable bonds is 6. The average Bonchev–Trinajstić information content (AvgIpc) is 3.48. The number of fused-ring (bicyclic) bond motifs is 1. The summed E-state index contributed by atoms with van der Waals surface area (Å²) < 4.78 is 58.5. The minimum Gasteiger partial charge on any atom is -0.383 e. The summed E-state index contributed by atoms with van der Waals surface area (Å²) >= 11 is 6.43. The van der Waals surface area contributed by atoms with Crippen molar-refractivity contribution in [3.8, 4) is 0 Å². The number of anilines is 3. The summed E-state index contributed by atoms with van der Waals surface area (Å²) in [5, 5.41) is 11.2. The summed E-state index contributed by atoms with van der Waals surface area (Å²) in [5.74, 6) is -0.192. The van der Waals surface area contributed by atoms with E-state index >= 15 is 0 Å². The lowest BCUT2D eigenvalue weighted by atomic mass is 9.89. The van der Waals surface area contributed by atoms with E-state index in [-0.39, 0.29) is 28.6 Å². The third-order valence-corrected chi connectivity index (χ3v) is 8.97. The van der Waals surface area contributed by atoms with Crippen LogP contribution in [0.25, 0.3) is 0 Å². The lowest BCUT2D eigenvalue weighted by Crippen LogP contribution is -2.49. The Morgan fingerprint density at radius 1 is 1.02 bits per heavy atom. The molecule has 250 valence electrons. The number of nitrogens with one attached hydrogen (secondary N) is 2. The number of urea groups is 1. The normalized spacial score (nSPS) is 20.5. The number of morpholine rings is 1. The second-order valence-corrected chi connectivity index (χ2v) is 12.0. The molecule has 16 heteroatoms. The molecular formula is C31H33ClF4N8O3. The highest BCUT2D eigenvalue weighted by Gasteiger charge is 2.37. The van der Waals surface area contributed by atoms with Crippen LogP contribution in [0.5, 0.6) is 0 Å². The maximum Gasteiger partial charge on any atom is 0.416 e. The molecule has 4 aliphatic rings. The smallest absolute Gasteiger partial charge is 0.383 e. The van der Waals surface area contributed by atoms with E-state index in [0.29, 0.717) is 68.3 Å². The molecule has 2 saturated heterocycles. The van der Waals surface area contributed by atoms with Crippen molar-refractivity contribution in [2.45, 2.75) is 25.1 Å². The molecule has 4 heterocycles. The zero-order valence-corrected chi connectivity index (χ0v) is 25.9. The summed E-state index contributed by atoms with van der Waals surface area (Å²) in [6.45, 7) is 4.64. The Morgan fingerprint density at radius 2 is 1.74 bits per heavy atom. The third kappa shape index (κ3) is 7.16. The maximum atomic E-state index is 14.1. The molecule has 0 radical (unpaired) electrons. The van der Waals surface area contributed by atoms with Gasteiger partial charge in [0.25, 0.3) is 0 Å². The summed E-state index contributed by atoms with van der Waals surface area (Å²) in [6.07, 6.45) is 2.54. The van der Waals surface area contributed by atoms with Gasteiger partial charge in [-0.15, -0.1) is 0 Å². The zero-order valence-electron chi connectivity index (χ0n) is 25.1. The molecule has 3 amide bonds. The van der Waals surface area contributed by atoms with E-state index in [9.17, 15) is 27.2 Å². The van der Waals surface area contributed by atoms with Crippen molar-refractivity contribution in [3.63, 3.8) is 0 Å². The van der Waals surface area contributed by atoms with Gasteiger partial charge in [-0.25, -0.2) is 9.18 Å². The van der Waals surface area contributed by atoms with Crippen molar-refractivity contribution in [2.75, 3.05) is 61.5 Å². The van der Waals surface area contributed by atoms with E-state index in [4.69, 9.17) is 22.1 Å². The Balaban J connectivity index is 1.05. The number of piperidine rings is 1. The number of carbonyl (C=O) groups is 2. The molecule has 6 rings (SSSR count). The molecule has 11 nitrogen and oxygen atoms in total. The largest absolute Gasteiger partial charge is 0.416 e. The predicted octanol–water partition coefficient (Wildman–Crippen LogP) is 4.84. The number of amides is 3. The van der Waals surface area contributed by atoms with Crippen molar-refractivity contribution in [3.05, 3.63) is 76.5 Å². The number of ether oxygens (including phenoxy) is 1. The Morgan fingerprint density at radius 3 is 2.45 bits per heavy atom. The van der Waals surface area contributed by atoms with Crippen LogP contribution in [0.15, 0.2) is 65.2 Å². The number of halogens is 5. The molecule has 1 atom stereocenters. The quantitative estimate of drug-likeness (QED) is 0.375. The highest BCUT2D eigenvalue weighted by Crippen LogP contribution is 2.37. The highest BCUT2D eigenvalue weighted by molar-refractivity contribution is 6.34. The summed E-state index contributed by atoms with van der Waals surface area (Å²) in [6, 6.07) is 5.38. The van der Waals surface area contributed by atoms with Crippen LogP contribution in [-0.4, -0.2) is 85.1 Å². The molecule has 2 fully saturated rings. The number of carbonyl (C=O) groups excluding carboxylic acids is 2. The second-order valence-electron chi connectivity index (χ2n) is 11.6. The fourth-order valence-corrected chi connectivity index (χ4v) is 6.30. The lowest BCUT2D eigenvalue weighted by molar-refractivity contribution is -0.137. The van der Waals surface area contributed by atoms with Gasteiger partial charge in [0.1, 0.15) is 23.7 Å². The molecule has 0 aliphatic carbocycles. The van der Waals surface area contributed by atoms with Crippen molar-refractivity contribution in [1.29, 1.82) is 0 Å². The van der Waals surface area contributed by atoms with Crippen LogP contribution in [-0.2, 0) is 15.7 Å². The van der Waals surface area contributed by atoms with E-state index in [1.54, 1.807) is 17.3 Å². The Bertz CT molecular complexity index is 1620. The minimum atomic E-state index is -4.70. The Kier molecular flexibility index (Phi) is 9.30. The van der Waals surface area contributed by atoms with E-state index < -0.39 is 29.3 Å². The minimum absolute atomic E-state index is 0.00576. The summed E-state index contributed by atoms with van der Waals surface area (Å²) in [7, 11) is 0. The SMILES string of the molecule is NC1=C2C=CC(C3CCN(C(=O)CN4CCOCC4)CC3)N2N=CN1c1ccc(NC(=O)Nc2cc(C(F)(F)F)ccc2F)c(Cl)c1. The highest BCUT2D eigenvalue weighted by atomic mass is 35.5. The van der Waals surface area contributed by atoms with Crippen LogP contribution in [0.4, 0.5) is 39.4 Å². The van der Waals surface area contributed by atoms with Gasteiger partial charge in [0, 0.05) is 26.2 Å². The van der Waals surface area contributed by atoms with E-state index in [2.05, 4.69) is 26.7 Å². The number of hydrogen-bond acceptors (Lipinski definition) is 8. The van der Waals surface area contributed by atoms with Gasteiger partial charge in [0.15, 0.2) is 0 Å². The first-order valence-corrected chi connectivity index (χ1v) is 15.5. The molecule has 2 aromatic rings. The average molecular weight is 677 g/mol. The number of hydrogen-bond donors (Lipinski definition) is 3. The molecule has 2 aromatic carbocycles. The first-order chi connectivity index (χ1) is 22.5. The van der Waals surface area contributed by atoms with Crippen LogP contribution in [0.3, 0.4) is 0 Å².